The second-order valence-electron chi connectivity index (χ2n) is 3.69. The highest BCUT2D eigenvalue weighted by atomic mass is 15.2. The molecule has 4 heteroatoms. The Hall–Kier alpha value is -1.32. The molecule has 0 saturated heterocycles. The van der Waals surface area contributed by atoms with Crippen LogP contribution < -0.4 is 5.73 Å². The number of aliphatic imine (C=N–C) groups is 1. The van der Waals surface area contributed by atoms with Crippen LogP contribution in [0.5, 0.6) is 0 Å². The van der Waals surface area contributed by atoms with Crippen molar-refractivity contribution in [2.75, 3.05) is 0 Å². The van der Waals surface area contributed by atoms with E-state index in [0.29, 0.717) is 5.84 Å². The van der Waals surface area contributed by atoms with Crippen LogP contribution in [0.1, 0.15) is 19.7 Å². The lowest BCUT2D eigenvalue weighted by Gasteiger charge is -2.26. The van der Waals surface area contributed by atoms with Crippen molar-refractivity contribution < 1.29 is 0 Å². The van der Waals surface area contributed by atoms with Gasteiger partial charge in [0.05, 0.1) is 5.54 Å². The first kappa shape index (κ1) is 7.34. The van der Waals surface area contributed by atoms with Crippen molar-refractivity contribution in [2.45, 2.75) is 25.9 Å². The number of imidazole rings is 1. The van der Waals surface area contributed by atoms with Gasteiger partial charge in [0.25, 0.3) is 0 Å². The number of nitrogens with zero attached hydrogens (tertiary/aromatic N) is 3. The number of aromatic nitrogens is 2. The van der Waals surface area contributed by atoms with E-state index in [0.717, 1.165) is 12.4 Å². The summed E-state index contributed by atoms with van der Waals surface area (Å²) in [7, 11) is 0. The summed E-state index contributed by atoms with van der Waals surface area (Å²) in [6.07, 6.45) is 3.68. The van der Waals surface area contributed by atoms with Gasteiger partial charge in [-0.25, -0.2) is 4.98 Å². The van der Waals surface area contributed by atoms with Crippen molar-refractivity contribution in [1.29, 1.82) is 0 Å². The zero-order valence-electron chi connectivity index (χ0n) is 7.28. The van der Waals surface area contributed by atoms with Crippen molar-refractivity contribution in [2.24, 2.45) is 10.7 Å². The van der Waals surface area contributed by atoms with Crippen LogP contribution in [-0.2, 0) is 6.54 Å². The van der Waals surface area contributed by atoms with Crippen molar-refractivity contribution >= 4 is 5.84 Å². The third-order valence-corrected chi connectivity index (χ3v) is 1.92. The lowest BCUT2D eigenvalue weighted by Crippen LogP contribution is -2.36. The molecule has 0 unspecified atom stereocenters. The second kappa shape index (κ2) is 2.09. The molecule has 1 aliphatic heterocycles. The number of fused-ring (bicyclic) bond motifs is 1. The van der Waals surface area contributed by atoms with Crippen LogP contribution in [0.15, 0.2) is 17.4 Å². The van der Waals surface area contributed by atoms with Crippen LogP contribution in [0.4, 0.5) is 0 Å². The van der Waals surface area contributed by atoms with Crippen LogP contribution in [0.2, 0.25) is 0 Å². The summed E-state index contributed by atoms with van der Waals surface area (Å²) in [6.45, 7) is 4.97. The monoisotopic (exact) mass is 164 g/mol. The largest absolute Gasteiger partial charge is 0.381 e. The van der Waals surface area contributed by atoms with E-state index >= 15 is 0 Å². The number of amidine groups is 1. The lowest BCUT2D eigenvalue weighted by molar-refractivity contribution is 0.422. The van der Waals surface area contributed by atoms with Crippen LogP contribution in [0.3, 0.4) is 0 Å². The van der Waals surface area contributed by atoms with E-state index in [9.17, 15) is 0 Å². The molecule has 1 aromatic rings. The number of hydrogen-bond acceptors (Lipinski definition) is 3. The molecule has 2 heterocycles. The van der Waals surface area contributed by atoms with Crippen LogP contribution in [-0.4, -0.2) is 20.9 Å². The zero-order valence-corrected chi connectivity index (χ0v) is 7.28. The summed E-state index contributed by atoms with van der Waals surface area (Å²) in [5, 5.41) is 0. The van der Waals surface area contributed by atoms with Crippen molar-refractivity contribution in [1.82, 2.24) is 9.55 Å². The van der Waals surface area contributed by atoms with E-state index in [-0.39, 0.29) is 5.54 Å². The normalized spacial score (nSPS) is 20.0. The molecule has 0 spiro atoms. The maximum Gasteiger partial charge on any atom is 0.175 e. The predicted molar refractivity (Wildman–Crippen MR) is 47.0 cm³/mol. The molecule has 0 bridgehead atoms. The summed E-state index contributed by atoms with van der Waals surface area (Å²) >= 11 is 0. The fourth-order valence-electron chi connectivity index (χ4n) is 1.50. The van der Waals surface area contributed by atoms with E-state index in [1.54, 1.807) is 6.20 Å². The second-order valence-corrected chi connectivity index (χ2v) is 3.69. The van der Waals surface area contributed by atoms with Gasteiger partial charge in [-0.05, 0) is 13.8 Å². The maximum absolute atomic E-state index is 5.73. The molecule has 4 nitrogen and oxygen atoms in total. The molecule has 0 saturated carbocycles. The quantitative estimate of drug-likeness (QED) is 0.602. The lowest BCUT2D eigenvalue weighted by atomic mass is 10.1. The van der Waals surface area contributed by atoms with Crippen molar-refractivity contribution in [3.05, 3.63) is 18.2 Å². The molecule has 0 amide bonds. The smallest absolute Gasteiger partial charge is 0.175 e. The minimum absolute atomic E-state index is 0.0994. The van der Waals surface area contributed by atoms with Gasteiger partial charge in [0.1, 0.15) is 0 Å². The highest BCUT2D eigenvalue weighted by Crippen LogP contribution is 2.18. The first-order valence-electron chi connectivity index (χ1n) is 3.95. The van der Waals surface area contributed by atoms with Gasteiger partial charge in [-0.1, -0.05) is 0 Å². The minimum atomic E-state index is -0.0994. The molecule has 0 aromatic carbocycles. The van der Waals surface area contributed by atoms with E-state index in [1.807, 2.05) is 10.8 Å². The molecule has 2 rings (SSSR count). The first-order chi connectivity index (χ1) is 5.58. The van der Waals surface area contributed by atoms with Gasteiger partial charge >= 0.3 is 0 Å². The average molecular weight is 164 g/mol. The molecule has 0 atom stereocenters. The van der Waals surface area contributed by atoms with E-state index in [2.05, 4.69) is 23.8 Å². The zero-order chi connectivity index (χ0) is 8.77. The van der Waals surface area contributed by atoms with Gasteiger partial charge < -0.3 is 10.3 Å². The summed E-state index contributed by atoms with van der Waals surface area (Å²) in [4.78, 5) is 8.45. The maximum atomic E-state index is 5.73. The van der Waals surface area contributed by atoms with Gasteiger partial charge in [0.2, 0.25) is 0 Å². The fraction of sp³-hybridized carbons (Fsp3) is 0.500. The molecule has 1 aliphatic rings. The predicted octanol–water partition coefficient (Wildman–Crippen LogP) is 0.381. The van der Waals surface area contributed by atoms with Gasteiger partial charge in [-0.15, -0.1) is 0 Å². The topological polar surface area (TPSA) is 56.2 Å². The Bertz CT molecular complexity index is 335. The van der Waals surface area contributed by atoms with E-state index in [1.165, 1.54) is 0 Å². The molecule has 0 fully saturated rings. The molecule has 2 N–H and O–H groups in total. The highest BCUT2D eigenvalue weighted by Gasteiger charge is 2.25. The minimum Gasteiger partial charge on any atom is -0.381 e. The molecule has 12 heavy (non-hydrogen) atoms. The average Bonchev–Trinajstić information content (AvgIpc) is 2.31. The Morgan fingerprint density at radius 3 is 3.08 bits per heavy atom. The Balaban J connectivity index is 2.52. The van der Waals surface area contributed by atoms with E-state index in [4.69, 9.17) is 5.73 Å². The summed E-state index contributed by atoms with van der Waals surface area (Å²) in [5.74, 6) is 1.32. The summed E-state index contributed by atoms with van der Waals surface area (Å²) in [5.41, 5.74) is 5.63. The van der Waals surface area contributed by atoms with Gasteiger partial charge in [0.15, 0.2) is 11.7 Å². The Morgan fingerprint density at radius 2 is 2.33 bits per heavy atom. The van der Waals surface area contributed by atoms with Crippen molar-refractivity contribution in [3.8, 4) is 0 Å². The number of rotatable bonds is 0. The third-order valence-electron chi connectivity index (χ3n) is 1.92. The molecular formula is C8H12N4. The standard InChI is InChI=1S/C8H12N4/c1-8(2)5-12-4-3-10-7(12)6(9)11-8/h3-4H,5H2,1-2H3,(H2,9,11). The summed E-state index contributed by atoms with van der Waals surface area (Å²) in [6, 6.07) is 0. The van der Waals surface area contributed by atoms with Crippen molar-refractivity contribution in [3.63, 3.8) is 0 Å². The Labute approximate surface area is 71.1 Å². The summed E-state index contributed by atoms with van der Waals surface area (Å²) < 4.78 is 2.03. The fourth-order valence-corrected chi connectivity index (χ4v) is 1.50. The van der Waals surface area contributed by atoms with Crippen LogP contribution >= 0.6 is 0 Å². The van der Waals surface area contributed by atoms with Gasteiger partial charge in [-0.3, -0.25) is 4.99 Å². The number of hydrogen-bond donors (Lipinski definition) is 1. The van der Waals surface area contributed by atoms with E-state index < -0.39 is 0 Å². The molecule has 1 aromatic heterocycles. The van der Waals surface area contributed by atoms with Crippen LogP contribution in [0.25, 0.3) is 0 Å². The van der Waals surface area contributed by atoms with Gasteiger partial charge in [-0.2, -0.15) is 0 Å². The molecule has 0 radical (unpaired) electrons. The third kappa shape index (κ3) is 0.995. The number of nitrogens with two attached hydrogens (primary N) is 1. The Kier molecular flexibility index (Phi) is 1.28. The molecule has 64 valence electrons. The SMILES string of the molecule is CC1(C)Cn2ccnc2C(N)=N1. The van der Waals surface area contributed by atoms with Gasteiger partial charge in [0, 0.05) is 18.9 Å². The highest BCUT2D eigenvalue weighted by molar-refractivity contribution is 5.95. The molecular weight excluding hydrogens is 152 g/mol. The first-order valence-corrected chi connectivity index (χ1v) is 3.95. The Morgan fingerprint density at radius 1 is 1.58 bits per heavy atom. The molecule has 0 aliphatic carbocycles. The van der Waals surface area contributed by atoms with Crippen LogP contribution in [0, 0.1) is 0 Å².